The molecule has 3 aromatic carbocycles. The molecule has 37 heavy (non-hydrogen) atoms. The van der Waals surface area contributed by atoms with E-state index in [4.69, 9.17) is 4.42 Å². The molecule has 0 saturated carbocycles. The number of carboxylic acid groups (broad SMARTS) is 1. The van der Waals surface area contributed by atoms with Crippen LogP contribution < -0.4 is 9.62 Å². The minimum absolute atomic E-state index is 0.000288. The zero-order valence-electron chi connectivity index (χ0n) is 19.3. The zero-order chi connectivity index (χ0) is 27.1. The molecular weight excluding hydrogens is 513 g/mol. The maximum atomic E-state index is 14.1. The van der Waals surface area contributed by atoms with Crippen LogP contribution in [0.25, 0.3) is 33.4 Å². The maximum Gasteiger partial charge on any atom is 0.335 e. The van der Waals surface area contributed by atoms with Gasteiger partial charge in [0, 0.05) is 29.6 Å². The van der Waals surface area contributed by atoms with Crippen molar-refractivity contribution in [3.8, 4) is 22.5 Å². The number of rotatable bonds is 7. The first kappa shape index (κ1) is 25.8. The highest BCUT2D eigenvalue weighted by molar-refractivity contribution is 7.92. The van der Waals surface area contributed by atoms with Gasteiger partial charge in [-0.2, -0.15) is 8.78 Å². The van der Waals surface area contributed by atoms with Crippen LogP contribution >= 0.6 is 0 Å². The number of carbonyl (C=O) groups excluding carboxylic acids is 1. The van der Waals surface area contributed by atoms with Gasteiger partial charge in [-0.1, -0.05) is 12.1 Å². The predicted octanol–water partition coefficient (Wildman–Crippen LogP) is 4.95. The SMILES string of the molecule is CNC(=O)c1c(-c2ccc(F)cc2)oc2cc(N(C(F)F)S(C)(=O)=O)c(-c3cccc(C(=O)O)c3)cc12. The molecule has 1 aromatic heterocycles. The number of anilines is 1. The minimum atomic E-state index is -4.52. The largest absolute Gasteiger partial charge is 0.478 e. The van der Waals surface area contributed by atoms with Crippen LogP contribution in [0, 0.1) is 5.82 Å². The number of hydrogen-bond acceptors (Lipinski definition) is 5. The Labute approximate surface area is 209 Å². The van der Waals surface area contributed by atoms with Crippen molar-refractivity contribution < 1.29 is 40.7 Å². The van der Waals surface area contributed by atoms with Gasteiger partial charge in [-0.05, 0) is 48.0 Å². The van der Waals surface area contributed by atoms with Gasteiger partial charge < -0.3 is 14.8 Å². The van der Waals surface area contributed by atoms with Crippen molar-refractivity contribution in [2.24, 2.45) is 0 Å². The van der Waals surface area contributed by atoms with E-state index in [9.17, 15) is 36.3 Å². The van der Waals surface area contributed by atoms with Crippen LogP contribution in [0.4, 0.5) is 18.9 Å². The highest BCUT2D eigenvalue weighted by Crippen LogP contribution is 2.42. The Morgan fingerprint density at radius 3 is 2.27 bits per heavy atom. The third-order valence-corrected chi connectivity index (χ3v) is 6.63. The second-order valence-electron chi connectivity index (χ2n) is 7.98. The summed E-state index contributed by atoms with van der Waals surface area (Å²) in [6, 6.07) is 12.6. The summed E-state index contributed by atoms with van der Waals surface area (Å²) in [5, 5.41) is 12.0. The molecule has 0 bridgehead atoms. The Balaban J connectivity index is 2.13. The van der Waals surface area contributed by atoms with Crippen molar-refractivity contribution in [2.45, 2.75) is 6.55 Å². The van der Waals surface area contributed by atoms with E-state index in [2.05, 4.69) is 5.32 Å². The molecule has 1 amide bonds. The van der Waals surface area contributed by atoms with Gasteiger partial charge in [0.15, 0.2) is 0 Å². The summed E-state index contributed by atoms with van der Waals surface area (Å²) in [7, 11) is -3.16. The Morgan fingerprint density at radius 2 is 1.70 bits per heavy atom. The van der Waals surface area contributed by atoms with E-state index in [1.54, 1.807) is 0 Å². The molecule has 192 valence electrons. The minimum Gasteiger partial charge on any atom is -0.478 e. The van der Waals surface area contributed by atoms with Crippen molar-refractivity contribution in [1.82, 2.24) is 5.32 Å². The van der Waals surface area contributed by atoms with Crippen LogP contribution in [-0.4, -0.2) is 45.3 Å². The molecular formula is C25H19F3N2O6S. The fourth-order valence-corrected chi connectivity index (χ4v) is 4.75. The molecule has 0 saturated heterocycles. The third-order valence-electron chi connectivity index (χ3n) is 5.56. The lowest BCUT2D eigenvalue weighted by Gasteiger charge is -2.24. The van der Waals surface area contributed by atoms with Crippen LogP contribution in [0.5, 0.6) is 0 Å². The average molecular weight is 532 g/mol. The number of fused-ring (bicyclic) bond motifs is 1. The van der Waals surface area contributed by atoms with E-state index >= 15 is 0 Å². The number of benzene rings is 3. The van der Waals surface area contributed by atoms with Crippen molar-refractivity contribution in [1.29, 1.82) is 0 Å². The standard InChI is InChI=1S/C25H19F3N2O6S/c1-29-23(31)21-18-11-17(14-4-3-5-15(10-14)24(32)33)19(30(25(27)28)37(2,34)35)12-20(18)36-22(21)13-6-8-16(26)9-7-13/h3-12,25H,1-2H3,(H,29,31)(H,32,33). The van der Waals surface area contributed by atoms with E-state index in [1.165, 1.54) is 49.5 Å². The molecule has 2 N–H and O–H groups in total. The van der Waals surface area contributed by atoms with E-state index in [1.807, 2.05) is 0 Å². The summed E-state index contributed by atoms with van der Waals surface area (Å²) in [5.74, 6) is -2.43. The number of amides is 1. The number of nitrogens with one attached hydrogen (secondary N) is 1. The molecule has 12 heteroatoms. The van der Waals surface area contributed by atoms with Gasteiger partial charge in [-0.15, -0.1) is 0 Å². The van der Waals surface area contributed by atoms with Gasteiger partial charge in [-0.3, -0.25) is 4.79 Å². The van der Waals surface area contributed by atoms with Crippen LogP contribution in [0.15, 0.2) is 65.1 Å². The topological polar surface area (TPSA) is 117 Å². The lowest BCUT2D eigenvalue weighted by molar-refractivity contribution is 0.0696. The average Bonchev–Trinajstić information content (AvgIpc) is 3.20. The second kappa shape index (κ2) is 9.62. The maximum absolute atomic E-state index is 14.1. The summed E-state index contributed by atoms with van der Waals surface area (Å²) in [4.78, 5) is 24.4. The number of carbonyl (C=O) groups is 2. The first-order valence-electron chi connectivity index (χ1n) is 10.6. The quantitative estimate of drug-likeness (QED) is 0.325. The first-order chi connectivity index (χ1) is 17.4. The predicted molar refractivity (Wildman–Crippen MR) is 131 cm³/mol. The van der Waals surface area contributed by atoms with E-state index in [0.29, 0.717) is 11.8 Å². The Kier molecular flexibility index (Phi) is 6.70. The summed E-state index contributed by atoms with van der Waals surface area (Å²) in [5.41, 5.74) is -0.431. The molecule has 1 heterocycles. The van der Waals surface area contributed by atoms with Gasteiger partial charge in [0.25, 0.3) is 5.91 Å². The monoisotopic (exact) mass is 532 g/mol. The highest BCUT2D eigenvalue weighted by atomic mass is 32.2. The Bertz CT molecular complexity index is 1630. The number of halogens is 3. The molecule has 0 atom stereocenters. The van der Waals surface area contributed by atoms with Crippen molar-refractivity contribution in [3.05, 3.63) is 77.6 Å². The van der Waals surface area contributed by atoms with E-state index in [-0.39, 0.29) is 43.3 Å². The molecule has 0 aliphatic rings. The second-order valence-corrected chi connectivity index (χ2v) is 9.84. The number of aromatic carboxylic acids is 1. The lowest BCUT2D eigenvalue weighted by Crippen LogP contribution is -2.35. The van der Waals surface area contributed by atoms with Crippen LogP contribution in [0.2, 0.25) is 0 Å². The number of alkyl halides is 2. The van der Waals surface area contributed by atoms with Crippen LogP contribution in [-0.2, 0) is 10.0 Å². The molecule has 0 aliphatic heterocycles. The highest BCUT2D eigenvalue weighted by Gasteiger charge is 2.32. The smallest absolute Gasteiger partial charge is 0.335 e. The van der Waals surface area contributed by atoms with Crippen LogP contribution in [0.1, 0.15) is 20.7 Å². The van der Waals surface area contributed by atoms with E-state index < -0.39 is 40.0 Å². The molecule has 0 fully saturated rings. The molecule has 0 radical (unpaired) electrons. The molecule has 0 aliphatic carbocycles. The number of carboxylic acids is 1. The summed E-state index contributed by atoms with van der Waals surface area (Å²) < 4.78 is 72.1. The summed E-state index contributed by atoms with van der Waals surface area (Å²) in [6.45, 7) is -3.49. The van der Waals surface area contributed by atoms with Gasteiger partial charge >= 0.3 is 12.5 Å². The molecule has 4 aromatic rings. The van der Waals surface area contributed by atoms with Gasteiger partial charge in [-0.25, -0.2) is 21.9 Å². The lowest BCUT2D eigenvalue weighted by atomic mass is 9.97. The van der Waals surface area contributed by atoms with Crippen molar-refractivity contribution >= 4 is 38.6 Å². The molecule has 8 nitrogen and oxygen atoms in total. The normalized spacial score (nSPS) is 11.6. The number of hydrogen-bond donors (Lipinski definition) is 2. The van der Waals surface area contributed by atoms with E-state index in [0.717, 1.165) is 18.2 Å². The molecule has 0 unspecified atom stereocenters. The number of sulfonamides is 1. The third kappa shape index (κ3) is 4.87. The first-order valence-corrected chi connectivity index (χ1v) is 12.5. The summed E-state index contributed by atoms with van der Waals surface area (Å²) >= 11 is 0. The Hall–Kier alpha value is -4.32. The molecule has 4 rings (SSSR count). The Morgan fingerprint density at radius 1 is 1.03 bits per heavy atom. The molecule has 0 spiro atoms. The number of nitrogens with zero attached hydrogens (tertiary/aromatic N) is 1. The fourth-order valence-electron chi connectivity index (χ4n) is 3.95. The van der Waals surface area contributed by atoms with Crippen molar-refractivity contribution in [2.75, 3.05) is 17.6 Å². The van der Waals surface area contributed by atoms with Gasteiger partial charge in [0.05, 0.1) is 23.1 Å². The zero-order valence-corrected chi connectivity index (χ0v) is 20.1. The number of furan rings is 1. The van der Waals surface area contributed by atoms with Gasteiger partial charge in [0.2, 0.25) is 10.0 Å². The van der Waals surface area contributed by atoms with Crippen LogP contribution in [0.3, 0.4) is 0 Å². The van der Waals surface area contributed by atoms with Crippen molar-refractivity contribution in [3.63, 3.8) is 0 Å². The van der Waals surface area contributed by atoms with Gasteiger partial charge in [0.1, 0.15) is 17.2 Å². The summed E-state index contributed by atoms with van der Waals surface area (Å²) in [6.07, 6.45) is 0.600. The fraction of sp³-hybridized carbons (Fsp3) is 0.120.